The fourth-order valence-corrected chi connectivity index (χ4v) is 4.14. The summed E-state index contributed by atoms with van der Waals surface area (Å²) in [6.07, 6.45) is 0.142. The van der Waals surface area contributed by atoms with E-state index in [0.717, 1.165) is 22.8 Å². The molecule has 0 saturated heterocycles. The van der Waals surface area contributed by atoms with Crippen LogP contribution < -0.4 is 19.5 Å². The second-order valence-corrected chi connectivity index (χ2v) is 7.61. The fraction of sp³-hybridized carbons (Fsp3) is 0.250. The Kier molecular flexibility index (Phi) is 7.31. The molecule has 0 aliphatic rings. The number of carbonyl (C=O) groups is 1. The summed E-state index contributed by atoms with van der Waals surface area (Å²) in [7, 11) is 4.61. The molecule has 2 aromatic carbocycles. The number of carbonyl (C=O) groups excluding carboxylic acids is 1. The average Bonchev–Trinajstić information content (AvgIpc) is 3.19. The second kappa shape index (κ2) is 10.1. The standard InChI is InChI=1S/C20H21N3O4S2/c1-25-15-9-14(10-16(26-2)18(15)27-3)11-17(24)21-19-22-20(23-29-19)28-12-13-7-5-4-6-8-13/h4-10H,11-12H2,1-3H3,(H,21,22,23,24). The van der Waals surface area contributed by atoms with Gasteiger partial charge in [-0.3, -0.25) is 4.79 Å². The highest BCUT2D eigenvalue weighted by atomic mass is 32.2. The van der Waals surface area contributed by atoms with Crippen molar-refractivity contribution in [2.45, 2.75) is 17.3 Å². The maximum Gasteiger partial charge on any atom is 0.230 e. The number of anilines is 1. The quantitative estimate of drug-likeness (QED) is 0.512. The number of nitrogens with one attached hydrogen (secondary N) is 1. The number of ether oxygens (including phenoxy) is 3. The van der Waals surface area contributed by atoms with Crippen LogP contribution in [-0.2, 0) is 17.0 Å². The lowest BCUT2D eigenvalue weighted by atomic mass is 10.1. The molecular formula is C20H21N3O4S2. The lowest BCUT2D eigenvalue weighted by Gasteiger charge is -2.13. The molecule has 3 aromatic rings. The molecule has 0 unspecified atom stereocenters. The van der Waals surface area contributed by atoms with Gasteiger partial charge >= 0.3 is 0 Å². The maximum atomic E-state index is 12.4. The van der Waals surface area contributed by atoms with E-state index in [0.29, 0.717) is 27.5 Å². The first kappa shape index (κ1) is 20.9. The van der Waals surface area contributed by atoms with Gasteiger partial charge in [-0.2, -0.15) is 9.36 Å². The largest absolute Gasteiger partial charge is 0.493 e. The molecule has 1 aromatic heterocycles. The van der Waals surface area contributed by atoms with Gasteiger partial charge in [0.05, 0.1) is 27.8 Å². The number of thioether (sulfide) groups is 1. The van der Waals surface area contributed by atoms with E-state index >= 15 is 0 Å². The Morgan fingerprint density at radius 1 is 1.03 bits per heavy atom. The smallest absolute Gasteiger partial charge is 0.230 e. The van der Waals surface area contributed by atoms with E-state index in [1.54, 1.807) is 12.1 Å². The molecule has 0 bridgehead atoms. The number of nitrogens with zero attached hydrogens (tertiary/aromatic N) is 2. The highest BCUT2D eigenvalue weighted by molar-refractivity contribution is 7.98. The summed E-state index contributed by atoms with van der Waals surface area (Å²) < 4.78 is 20.2. The molecule has 0 radical (unpaired) electrons. The van der Waals surface area contributed by atoms with Crippen molar-refractivity contribution >= 4 is 34.3 Å². The Balaban J connectivity index is 1.60. The molecule has 1 N–H and O–H groups in total. The van der Waals surface area contributed by atoms with E-state index in [1.165, 1.54) is 38.7 Å². The van der Waals surface area contributed by atoms with Gasteiger partial charge in [0.2, 0.25) is 21.9 Å². The first-order valence-electron chi connectivity index (χ1n) is 8.72. The summed E-state index contributed by atoms with van der Waals surface area (Å²) in [6.45, 7) is 0. The third kappa shape index (κ3) is 5.61. The summed E-state index contributed by atoms with van der Waals surface area (Å²) >= 11 is 2.69. The van der Waals surface area contributed by atoms with E-state index in [4.69, 9.17) is 14.2 Å². The van der Waals surface area contributed by atoms with Crippen molar-refractivity contribution < 1.29 is 19.0 Å². The minimum Gasteiger partial charge on any atom is -0.493 e. The van der Waals surface area contributed by atoms with E-state index in [2.05, 4.69) is 26.8 Å². The van der Waals surface area contributed by atoms with Crippen LogP contribution in [0.25, 0.3) is 0 Å². The minimum atomic E-state index is -0.199. The summed E-state index contributed by atoms with van der Waals surface area (Å²) in [5, 5.41) is 3.90. The van der Waals surface area contributed by atoms with Crippen LogP contribution in [0.4, 0.5) is 5.13 Å². The van der Waals surface area contributed by atoms with Crippen molar-refractivity contribution in [3.8, 4) is 17.2 Å². The molecule has 3 rings (SSSR count). The van der Waals surface area contributed by atoms with Crippen LogP contribution in [0.2, 0.25) is 0 Å². The predicted molar refractivity (Wildman–Crippen MR) is 114 cm³/mol. The molecule has 0 spiro atoms. The van der Waals surface area contributed by atoms with Gasteiger partial charge in [-0.25, -0.2) is 0 Å². The van der Waals surface area contributed by atoms with E-state index < -0.39 is 0 Å². The Morgan fingerprint density at radius 3 is 2.34 bits per heavy atom. The Morgan fingerprint density at radius 2 is 1.72 bits per heavy atom. The summed E-state index contributed by atoms with van der Waals surface area (Å²) in [6, 6.07) is 13.6. The molecule has 7 nitrogen and oxygen atoms in total. The molecule has 29 heavy (non-hydrogen) atoms. The molecular weight excluding hydrogens is 410 g/mol. The van der Waals surface area contributed by atoms with Gasteiger partial charge < -0.3 is 19.5 Å². The summed E-state index contributed by atoms with van der Waals surface area (Å²) in [4.78, 5) is 16.8. The topological polar surface area (TPSA) is 82.6 Å². The number of hydrogen-bond acceptors (Lipinski definition) is 8. The highest BCUT2D eigenvalue weighted by Crippen LogP contribution is 2.38. The lowest BCUT2D eigenvalue weighted by molar-refractivity contribution is -0.115. The molecule has 9 heteroatoms. The maximum absolute atomic E-state index is 12.4. The van der Waals surface area contributed by atoms with Crippen molar-refractivity contribution in [2.24, 2.45) is 0 Å². The third-order valence-electron chi connectivity index (χ3n) is 3.95. The summed E-state index contributed by atoms with van der Waals surface area (Å²) in [5.74, 6) is 2.07. The number of hydrogen-bond donors (Lipinski definition) is 1. The van der Waals surface area contributed by atoms with Gasteiger partial charge in [0.1, 0.15) is 0 Å². The number of rotatable bonds is 9. The van der Waals surface area contributed by atoms with Crippen LogP contribution in [0.3, 0.4) is 0 Å². The number of benzene rings is 2. The average molecular weight is 432 g/mol. The van der Waals surface area contributed by atoms with Gasteiger partial charge in [-0.15, -0.1) is 0 Å². The van der Waals surface area contributed by atoms with Crippen LogP contribution in [0.5, 0.6) is 17.2 Å². The molecule has 0 saturated carbocycles. The zero-order chi connectivity index (χ0) is 20.6. The predicted octanol–water partition coefficient (Wildman–Crippen LogP) is 4.04. The zero-order valence-electron chi connectivity index (χ0n) is 16.3. The summed E-state index contributed by atoms with van der Waals surface area (Å²) in [5.41, 5.74) is 1.93. The van der Waals surface area contributed by atoms with Crippen LogP contribution >= 0.6 is 23.3 Å². The molecule has 1 amide bonds. The normalized spacial score (nSPS) is 10.4. The van der Waals surface area contributed by atoms with Gasteiger partial charge in [-0.1, -0.05) is 42.1 Å². The van der Waals surface area contributed by atoms with Crippen LogP contribution in [-0.4, -0.2) is 36.6 Å². The number of amides is 1. The van der Waals surface area contributed by atoms with Gasteiger partial charge in [0.15, 0.2) is 11.5 Å². The number of aromatic nitrogens is 2. The minimum absolute atomic E-state index is 0.142. The molecule has 0 fully saturated rings. The Bertz CT molecular complexity index is 938. The third-order valence-corrected chi connectivity index (χ3v) is 5.62. The van der Waals surface area contributed by atoms with E-state index in [-0.39, 0.29) is 12.3 Å². The van der Waals surface area contributed by atoms with Crippen molar-refractivity contribution in [2.75, 3.05) is 26.6 Å². The molecule has 1 heterocycles. The monoisotopic (exact) mass is 431 g/mol. The fourth-order valence-electron chi connectivity index (χ4n) is 2.63. The van der Waals surface area contributed by atoms with Gasteiger partial charge in [-0.05, 0) is 23.3 Å². The molecule has 0 aliphatic carbocycles. The van der Waals surface area contributed by atoms with Crippen molar-refractivity contribution in [3.05, 3.63) is 53.6 Å². The second-order valence-electron chi connectivity index (χ2n) is 5.91. The lowest BCUT2D eigenvalue weighted by Crippen LogP contribution is -2.14. The zero-order valence-corrected chi connectivity index (χ0v) is 17.9. The molecule has 0 aliphatic heterocycles. The SMILES string of the molecule is COc1cc(CC(=O)Nc2nc(SCc3ccccc3)ns2)cc(OC)c1OC. The van der Waals surface area contributed by atoms with Crippen molar-refractivity contribution in [1.29, 1.82) is 0 Å². The van der Waals surface area contributed by atoms with Crippen LogP contribution in [0, 0.1) is 0 Å². The van der Waals surface area contributed by atoms with Crippen molar-refractivity contribution in [1.82, 2.24) is 9.36 Å². The van der Waals surface area contributed by atoms with Crippen molar-refractivity contribution in [3.63, 3.8) is 0 Å². The van der Waals surface area contributed by atoms with Crippen LogP contribution in [0.15, 0.2) is 47.6 Å². The highest BCUT2D eigenvalue weighted by Gasteiger charge is 2.16. The first-order valence-corrected chi connectivity index (χ1v) is 10.5. The molecule has 0 atom stereocenters. The van der Waals surface area contributed by atoms with Gasteiger partial charge in [0, 0.05) is 17.3 Å². The Hall–Kier alpha value is -2.78. The van der Waals surface area contributed by atoms with E-state index in [1.807, 2.05) is 18.2 Å². The molecule has 152 valence electrons. The van der Waals surface area contributed by atoms with Gasteiger partial charge in [0.25, 0.3) is 0 Å². The van der Waals surface area contributed by atoms with E-state index in [9.17, 15) is 4.79 Å². The number of methoxy groups -OCH3 is 3. The first-order chi connectivity index (χ1) is 14.1. The Labute approximate surface area is 177 Å². The van der Waals surface area contributed by atoms with Crippen LogP contribution in [0.1, 0.15) is 11.1 Å².